The number of rotatable bonds is 7. The van der Waals surface area contributed by atoms with Gasteiger partial charge in [-0.15, -0.1) is 0 Å². The molecular weight excluding hydrogens is 214 g/mol. The largest absolute Gasteiger partial charge is 0.493 e. The van der Waals surface area contributed by atoms with Crippen LogP contribution < -0.4 is 15.2 Å². The molecule has 1 rings (SSSR count). The van der Waals surface area contributed by atoms with Gasteiger partial charge in [-0.25, -0.2) is 0 Å². The Hall–Kier alpha value is -1.22. The molecule has 3 heteroatoms. The highest BCUT2D eigenvalue weighted by Gasteiger charge is 2.07. The van der Waals surface area contributed by atoms with Crippen LogP contribution in [0, 0.1) is 0 Å². The first-order chi connectivity index (χ1) is 8.21. The van der Waals surface area contributed by atoms with E-state index in [9.17, 15) is 0 Å². The summed E-state index contributed by atoms with van der Waals surface area (Å²) in [5.74, 6) is 1.60. The molecule has 0 amide bonds. The van der Waals surface area contributed by atoms with Crippen molar-refractivity contribution in [2.75, 3.05) is 13.7 Å². The van der Waals surface area contributed by atoms with Gasteiger partial charge >= 0.3 is 0 Å². The van der Waals surface area contributed by atoms with Crippen molar-refractivity contribution in [3.63, 3.8) is 0 Å². The lowest BCUT2D eigenvalue weighted by molar-refractivity contribution is 0.294. The van der Waals surface area contributed by atoms with Gasteiger partial charge in [0.05, 0.1) is 13.7 Å². The predicted octanol–water partition coefficient (Wildman–Crippen LogP) is 2.76. The molecule has 1 aromatic carbocycles. The molecule has 1 aromatic rings. The highest BCUT2D eigenvalue weighted by Crippen LogP contribution is 2.28. The summed E-state index contributed by atoms with van der Waals surface area (Å²) in [7, 11) is 1.66. The fourth-order valence-electron chi connectivity index (χ4n) is 1.62. The van der Waals surface area contributed by atoms with Crippen molar-refractivity contribution in [2.45, 2.75) is 39.2 Å². The second-order valence-corrected chi connectivity index (χ2v) is 4.21. The van der Waals surface area contributed by atoms with Crippen molar-refractivity contribution in [3.05, 3.63) is 23.8 Å². The highest BCUT2D eigenvalue weighted by molar-refractivity contribution is 5.43. The normalized spacial score (nSPS) is 12.2. The summed E-state index contributed by atoms with van der Waals surface area (Å²) in [6.07, 6.45) is 2.85. The first kappa shape index (κ1) is 13.8. The summed E-state index contributed by atoms with van der Waals surface area (Å²) in [5.41, 5.74) is 7.15. The molecule has 0 aromatic heterocycles. The molecule has 0 saturated carbocycles. The number of hydrogen-bond donors (Lipinski definition) is 1. The van der Waals surface area contributed by atoms with Crippen LogP contribution in [-0.4, -0.2) is 19.8 Å². The van der Waals surface area contributed by atoms with Gasteiger partial charge < -0.3 is 15.2 Å². The van der Waals surface area contributed by atoms with Crippen LogP contribution in [-0.2, 0) is 6.42 Å². The topological polar surface area (TPSA) is 44.5 Å². The summed E-state index contributed by atoms with van der Waals surface area (Å²) in [5, 5.41) is 0. The first-order valence-corrected chi connectivity index (χ1v) is 6.26. The van der Waals surface area contributed by atoms with Gasteiger partial charge in [0.1, 0.15) is 0 Å². The fraction of sp³-hybridized carbons (Fsp3) is 0.571. The molecule has 1 atom stereocenters. The zero-order valence-electron chi connectivity index (χ0n) is 11.0. The average molecular weight is 237 g/mol. The molecule has 0 saturated heterocycles. The van der Waals surface area contributed by atoms with E-state index in [-0.39, 0.29) is 6.04 Å². The van der Waals surface area contributed by atoms with Crippen LogP contribution in [0.25, 0.3) is 0 Å². The van der Waals surface area contributed by atoms with Crippen LogP contribution in [0.3, 0.4) is 0 Å². The van der Waals surface area contributed by atoms with E-state index in [4.69, 9.17) is 15.2 Å². The Balaban J connectivity index is 2.80. The van der Waals surface area contributed by atoms with Gasteiger partial charge in [0.25, 0.3) is 0 Å². The second kappa shape index (κ2) is 7.17. The van der Waals surface area contributed by atoms with E-state index >= 15 is 0 Å². The van der Waals surface area contributed by atoms with E-state index in [1.165, 1.54) is 5.56 Å². The lowest BCUT2D eigenvalue weighted by Crippen LogP contribution is -2.21. The maximum Gasteiger partial charge on any atom is 0.161 e. The third kappa shape index (κ3) is 4.27. The molecular formula is C14H23NO2. The smallest absolute Gasteiger partial charge is 0.161 e. The van der Waals surface area contributed by atoms with Crippen molar-refractivity contribution in [1.82, 2.24) is 0 Å². The highest BCUT2D eigenvalue weighted by atomic mass is 16.5. The van der Waals surface area contributed by atoms with E-state index in [0.29, 0.717) is 6.61 Å². The molecule has 0 heterocycles. The van der Waals surface area contributed by atoms with Gasteiger partial charge in [0.2, 0.25) is 0 Å². The Morgan fingerprint density at radius 3 is 2.59 bits per heavy atom. The van der Waals surface area contributed by atoms with Crippen molar-refractivity contribution in [1.29, 1.82) is 0 Å². The zero-order chi connectivity index (χ0) is 12.7. The maximum atomic E-state index is 5.95. The quantitative estimate of drug-likeness (QED) is 0.793. The van der Waals surface area contributed by atoms with Gasteiger partial charge in [-0.1, -0.05) is 19.9 Å². The second-order valence-electron chi connectivity index (χ2n) is 4.21. The Morgan fingerprint density at radius 1 is 1.24 bits per heavy atom. The van der Waals surface area contributed by atoms with Crippen LogP contribution >= 0.6 is 0 Å². The Kier molecular flexibility index (Phi) is 5.84. The summed E-state index contributed by atoms with van der Waals surface area (Å²) in [4.78, 5) is 0. The molecule has 0 bridgehead atoms. The number of benzene rings is 1. The SMILES string of the molecule is CCCOc1cc(C[C@@H](N)CC)ccc1OC. The average Bonchev–Trinajstić information content (AvgIpc) is 2.36. The van der Waals surface area contributed by atoms with Gasteiger partial charge in [-0.3, -0.25) is 0 Å². The number of nitrogens with two attached hydrogens (primary N) is 1. The van der Waals surface area contributed by atoms with Gasteiger partial charge in [0.15, 0.2) is 11.5 Å². The first-order valence-electron chi connectivity index (χ1n) is 6.26. The van der Waals surface area contributed by atoms with E-state index in [1.807, 2.05) is 18.2 Å². The lowest BCUT2D eigenvalue weighted by atomic mass is 10.0. The molecule has 0 radical (unpaired) electrons. The Morgan fingerprint density at radius 2 is 2.00 bits per heavy atom. The lowest BCUT2D eigenvalue weighted by Gasteiger charge is -2.13. The van der Waals surface area contributed by atoms with Gasteiger partial charge in [-0.2, -0.15) is 0 Å². The van der Waals surface area contributed by atoms with E-state index in [1.54, 1.807) is 7.11 Å². The minimum atomic E-state index is 0.211. The summed E-state index contributed by atoms with van der Waals surface area (Å²) >= 11 is 0. The van der Waals surface area contributed by atoms with E-state index in [0.717, 1.165) is 30.8 Å². The molecule has 0 unspecified atom stereocenters. The number of ether oxygens (including phenoxy) is 2. The number of hydrogen-bond acceptors (Lipinski definition) is 3. The van der Waals surface area contributed by atoms with Gasteiger partial charge in [0, 0.05) is 6.04 Å². The number of methoxy groups -OCH3 is 1. The van der Waals surface area contributed by atoms with Crippen LogP contribution in [0.15, 0.2) is 18.2 Å². The standard InChI is InChI=1S/C14H23NO2/c1-4-8-17-14-10-11(9-12(15)5-2)6-7-13(14)16-3/h6-7,10,12H,4-5,8-9,15H2,1-3H3/t12-/m0/s1. The monoisotopic (exact) mass is 237 g/mol. The molecule has 0 aliphatic carbocycles. The van der Waals surface area contributed by atoms with E-state index in [2.05, 4.69) is 13.8 Å². The summed E-state index contributed by atoms with van der Waals surface area (Å²) in [6, 6.07) is 6.24. The summed E-state index contributed by atoms with van der Waals surface area (Å²) in [6.45, 7) is 4.89. The molecule has 0 spiro atoms. The zero-order valence-corrected chi connectivity index (χ0v) is 11.0. The Bertz CT molecular complexity index is 339. The van der Waals surface area contributed by atoms with Crippen molar-refractivity contribution in [3.8, 4) is 11.5 Å². The van der Waals surface area contributed by atoms with Crippen molar-refractivity contribution >= 4 is 0 Å². The van der Waals surface area contributed by atoms with Gasteiger partial charge in [-0.05, 0) is 37.0 Å². The third-order valence-corrected chi connectivity index (χ3v) is 2.71. The van der Waals surface area contributed by atoms with Crippen molar-refractivity contribution < 1.29 is 9.47 Å². The molecule has 2 N–H and O–H groups in total. The van der Waals surface area contributed by atoms with Crippen LogP contribution in [0.4, 0.5) is 0 Å². The predicted molar refractivity (Wildman–Crippen MR) is 70.8 cm³/mol. The van der Waals surface area contributed by atoms with Crippen molar-refractivity contribution in [2.24, 2.45) is 5.73 Å². The van der Waals surface area contributed by atoms with Crippen LogP contribution in [0.2, 0.25) is 0 Å². The minimum Gasteiger partial charge on any atom is -0.493 e. The summed E-state index contributed by atoms with van der Waals surface area (Å²) < 4.78 is 10.9. The molecule has 17 heavy (non-hydrogen) atoms. The molecule has 3 nitrogen and oxygen atoms in total. The molecule has 0 aliphatic heterocycles. The molecule has 0 aliphatic rings. The van der Waals surface area contributed by atoms with Crippen LogP contribution in [0.5, 0.6) is 11.5 Å². The fourth-order valence-corrected chi connectivity index (χ4v) is 1.62. The molecule has 96 valence electrons. The molecule has 0 fully saturated rings. The maximum absolute atomic E-state index is 5.95. The Labute approximate surface area is 104 Å². The minimum absolute atomic E-state index is 0.211. The van der Waals surface area contributed by atoms with E-state index < -0.39 is 0 Å². The third-order valence-electron chi connectivity index (χ3n) is 2.71. The van der Waals surface area contributed by atoms with Crippen LogP contribution in [0.1, 0.15) is 32.3 Å².